The third-order valence-electron chi connectivity index (χ3n) is 7.31. The first-order valence-electron chi connectivity index (χ1n) is 16.2. The Kier molecular flexibility index (Phi) is 17.5. The van der Waals surface area contributed by atoms with Gasteiger partial charge in [0.2, 0.25) is 0 Å². The van der Waals surface area contributed by atoms with Crippen molar-refractivity contribution in [1.82, 2.24) is 21.3 Å². The summed E-state index contributed by atoms with van der Waals surface area (Å²) in [7, 11) is 0. The standard InChI is InChI=1S/C36H46N4O8/c41-33(42)32(21-11-13-23-38-35(44)47-26-29-16-6-2-7-17-29)39-24-31(40-36(45)48-27-30-18-8-3-9-19-30)20-10-12-22-37-34(43)46-25-28-14-4-1-5-15-28/h1-9,14-19,31-32,39H,10-13,20-27H2,(H,37,43)(H,38,44)(H,40,45)(H,41,42)/t31-,32-/m0/s1. The van der Waals surface area contributed by atoms with E-state index in [1.807, 2.05) is 91.0 Å². The van der Waals surface area contributed by atoms with Gasteiger partial charge in [-0.1, -0.05) is 91.0 Å². The maximum Gasteiger partial charge on any atom is 0.407 e. The van der Waals surface area contributed by atoms with Gasteiger partial charge in [0.05, 0.1) is 0 Å². The fourth-order valence-corrected chi connectivity index (χ4v) is 4.67. The lowest BCUT2D eigenvalue weighted by molar-refractivity contribution is -0.139. The molecule has 0 aliphatic heterocycles. The van der Waals surface area contributed by atoms with E-state index in [4.69, 9.17) is 14.2 Å². The Morgan fingerprint density at radius 1 is 0.562 bits per heavy atom. The number of carbonyl (C=O) groups is 4. The molecular weight excluding hydrogens is 616 g/mol. The van der Waals surface area contributed by atoms with Gasteiger partial charge in [0.1, 0.15) is 25.9 Å². The van der Waals surface area contributed by atoms with E-state index >= 15 is 0 Å². The van der Waals surface area contributed by atoms with Crippen molar-refractivity contribution < 1.29 is 38.5 Å². The van der Waals surface area contributed by atoms with Gasteiger partial charge in [-0.25, -0.2) is 14.4 Å². The number of hydrogen-bond donors (Lipinski definition) is 5. The number of unbranched alkanes of at least 4 members (excludes halogenated alkanes) is 2. The zero-order chi connectivity index (χ0) is 34.2. The molecule has 0 saturated heterocycles. The van der Waals surface area contributed by atoms with Crippen LogP contribution in [-0.2, 0) is 38.8 Å². The van der Waals surface area contributed by atoms with Crippen LogP contribution in [0.4, 0.5) is 14.4 Å². The fourth-order valence-electron chi connectivity index (χ4n) is 4.67. The molecule has 3 rings (SSSR count). The van der Waals surface area contributed by atoms with Gasteiger partial charge >= 0.3 is 24.2 Å². The third kappa shape index (κ3) is 16.5. The second kappa shape index (κ2) is 22.4. The predicted octanol–water partition coefficient (Wildman–Crippen LogP) is 5.52. The number of carboxylic acid groups (broad SMARTS) is 1. The summed E-state index contributed by atoms with van der Waals surface area (Å²) in [5, 5.41) is 21.1. The highest BCUT2D eigenvalue weighted by atomic mass is 16.6. The first kappa shape index (κ1) is 37.4. The van der Waals surface area contributed by atoms with Gasteiger partial charge in [0, 0.05) is 25.7 Å². The first-order chi connectivity index (χ1) is 23.4. The summed E-state index contributed by atoms with van der Waals surface area (Å²) in [6, 6.07) is 26.8. The Balaban J connectivity index is 1.38. The van der Waals surface area contributed by atoms with Gasteiger partial charge in [-0.05, 0) is 55.2 Å². The number of aliphatic carboxylic acids is 1. The molecule has 3 aromatic carbocycles. The van der Waals surface area contributed by atoms with Crippen molar-refractivity contribution in [2.45, 2.75) is 70.4 Å². The van der Waals surface area contributed by atoms with Crippen LogP contribution in [0.1, 0.15) is 55.2 Å². The fraction of sp³-hybridized carbons (Fsp3) is 0.389. The van der Waals surface area contributed by atoms with Gasteiger partial charge in [0.15, 0.2) is 0 Å². The molecule has 0 heterocycles. The third-order valence-corrected chi connectivity index (χ3v) is 7.31. The van der Waals surface area contributed by atoms with Crippen molar-refractivity contribution in [1.29, 1.82) is 0 Å². The second-order valence-corrected chi connectivity index (χ2v) is 11.2. The van der Waals surface area contributed by atoms with Crippen LogP contribution in [0.5, 0.6) is 0 Å². The zero-order valence-corrected chi connectivity index (χ0v) is 27.1. The van der Waals surface area contributed by atoms with Gasteiger partial charge in [0.25, 0.3) is 0 Å². The van der Waals surface area contributed by atoms with Crippen LogP contribution in [0.3, 0.4) is 0 Å². The van der Waals surface area contributed by atoms with Gasteiger partial charge < -0.3 is 40.6 Å². The number of alkyl carbamates (subject to hydrolysis) is 3. The zero-order valence-electron chi connectivity index (χ0n) is 27.1. The molecule has 2 atom stereocenters. The van der Waals surface area contributed by atoms with E-state index in [-0.39, 0.29) is 26.4 Å². The van der Waals surface area contributed by atoms with Crippen LogP contribution in [0.25, 0.3) is 0 Å². The Hall–Kier alpha value is -5.10. The summed E-state index contributed by atoms with van der Waals surface area (Å²) in [5.74, 6) is -1.01. The molecule has 258 valence electrons. The molecule has 0 saturated carbocycles. The highest BCUT2D eigenvalue weighted by molar-refractivity contribution is 5.73. The lowest BCUT2D eigenvalue weighted by Crippen LogP contribution is -2.47. The second-order valence-electron chi connectivity index (χ2n) is 11.2. The van der Waals surface area contributed by atoms with Gasteiger partial charge in [-0.3, -0.25) is 4.79 Å². The van der Waals surface area contributed by atoms with Crippen molar-refractivity contribution in [3.05, 3.63) is 108 Å². The lowest BCUT2D eigenvalue weighted by Gasteiger charge is -2.22. The van der Waals surface area contributed by atoms with E-state index in [0.29, 0.717) is 51.6 Å². The quantitative estimate of drug-likeness (QED) is 0.0730. The van der Waals surface area contributed by atoms with Crippen molar-refractivity contribution in [2.75, 3.05) is 19.6 Å². The largest absolute Gasteiger partial charge is 0.480 e. The van der Waals surface area contributed by atoms with Crippen LogP contribution in [0.2, 0.25) is 0 Å². The van der Waals surface area contributed by atoms with Crippen LogP contribution >= 0.6 is 0 Å². The van der Waals surface area contributed by atoms with E-state index in [0.717, 1.165) is 16.7 Å². The summed E-state index contributed by atoms with van der Waals surface area (Å²) in [4.78, 5) is 48.6. The van der Waals surface area contributed by atoms with Crippen LogP contribution in [0, 0.1) is 0 Å². The summed E-state index contributed by atoms with van der Waals surface area (Å²) in [6.07, 6.45) is 1.60. The topological polar surface area (TPSA) is 164 Å². The Bertz CT molecular complexity index is 1360. The Morgan fingerprint density at radius 3 is 1.42 bits per heavy atom. The molecule has 12 heteroatoms. The van der Waals surface area contributed by atoms with Crippen molar-refractivity contribution in [3.63, 3.8) is 0 Å². The Labute approximate surface area is 281 Å². The highest BCUT2D eigenvalue weighted by Crippen LogP contribution is 2.07. The molecule has 0 radical (unpaired) electrons. The minimum absolute atomic E-state index is 0.105. The summed E-state index contributed by atoms with van der Waals surface area (Å²) >= 11 is 0. The van der Waals surface area contributed by atoms with Crippen LogP contribution < -0.4 is 21.3 Å². The van der Waals surface area contributed by atoms with Gasteiger partial charge in [-0.2, -0.15) is 0 Å². The molecule has 5 N–H and O–H groups in total. The number of rotatable bonds is 21. The lowest BCUT2D eigenvalue weighted by atomic mass is 10.1. The molecule has 0 aliphatic carbocycles. The van der Waals surface area contributed by atoms with Crippen LogP contribution in [0.15, 0.2) is 91.0 Å². The van der Waals surface area contributed by atoms with E-state index in [9.17, 15) is 24.3 Å². The number of carboxylic acids is 1. The summed E-state index contributed by atoms with van der Waals surface area (Å²) in [5.41, 5.74) is 2.62. The molecule has 3 aromatic rings. The smallest absolute Gasteiger partial charge is 0.407 e. The normalized spacial score (nSPS) is 11.8. The maximum absolute atomic E-state index is 12.6. The van der Waals surface area contributed by atoms with Crippen molar-refractivity contribution in [2.24, 2.45) is 0 Å². The van der Waals surface area contributed by atoms with E-state index in [2.05, 4.69) is 21.3 Å². The highest BCUT2D eigenvalue weighted by Gasteiger charge is 2.20. The molecule has 0 unspecified atom stereocenters. The number of hydrogen-bond acceptors (Lipinski definition) is 8. The monoisotopic (exact) mass is 662 g/mol. The molecule has 0 bridgehead atoms. The van der Waals surface area contributed by atoms with Crippen molar-refractivity contribution >= 4 is 24.2 Å². The average Bonchev–Trinajstić information content (AvgIpc) is 3.10. The molecule has 3 amide bonds. The summed E-state index contributed by atoms with van der Waals surface area (Å²) in [6.45, 7) is 1.40. The first-order valence-corrected chi connectivity index (χ1v) is 16.2. The molecular formula is C36H46N4O8. The van der Waals surface area contributed by atoms with E-state index in [1.165, 1.54) is 0 Å². The average molecular weight is 663 g/mol. The number of nitrogens with one attached hydrogen (secondary N) is 4. The minimum Gasteiger partial charge on any atom is -0.480 e. The molecule has 48 heavy (non-hydrogen) atoms. The van der Waals surface area contributed by atoms with Gasteiger partial charge in [-0.15, -0.1) is 0 Å². The van der Waals surface area contributed by atoms with Crippen molar-refractivity contribution in [3.8, 4) is 0 Å². The SMILES string of the molecule is O=C(NCCCC[C@@H](CN[C@@H](CCCCNC(=O)OCc1ccccc1)C(=O)O)NC(=O)OCc1ccccc1)OCc1ccccc1. The molecule has 0 fully saturated rings. The van der Waals surface area contributed by atoms with E-state index in [1.54, 1.807) is 0 Å². The van der Waals surface area contributed by atoms with E-state index < -0.39 is 36.3 Å². The van der Waals surface area contributed by atoms with Crippen LogP contribution in [-0.4, -0.2) is 61.1 Å². The number of amides is 3. The number of benzene rings is 3. The predicted molar refractivity (Wildman–Crippen MR) is 180 cm³/mol. The molecule has 12 nitrogen and oxygen atoms in total. The molecule has 0 aromatic heterocycles. The molecule has 0 aliphatic rings. The number of carbonyl (C=O) groups excluding carboxylic acids is 3. The minimum atomic E-state index is -1.01. The summed E-state index contributed by atoms with van der Waals surface area (Å²) < 4.78 is 15.8. The Morgan fingerprint density at radius 2 is 0.979 bits per heavy atom. The number of ether oxygens (including phenoxy) is 3. The molecule has 0 spiro atoms. The maximum atomic E-state index is 12.6.